The molecule has 8 heteroatoms. The monoisotopic (exact) mass is 419 g/mol. The Balaban J connectivity index is 1.54. The Hall–Kier alpha value is -4.20. The van der Waals surface area contributed by atoms with Gasteiger partial charge >= 0.3 is 0 Å². The van der Waals surface area contributed by atoms with E-state index in [1.54, 1.807) is 42.5 Å². The number of benzene rings is 3. The van der Waals surface area contributed by atoms with Crippen molar-refractivity contribution in [2.75, 3.05) is 28.7 Å². The average Bonchev–Trinajstić information content (AvgIpc) is 2.77. The zero-order chi connectivity index (χ0) is 21.8. The minimum atomic E-state index is -0.643. The number of carbonyl (C=O) groups excluding carboxylic acids is 3. The molecule has 1 aliphatic heterocycles. The van der Waals surface area contributed by atoms with Crippen LogP contribution in [0.2, 0.25) is 0 Å². The van der Waals surface area contributed by atoms with E-state index >= 15 is 0 Å². The number of anilines is 3. The van der Waals surface area contributed by atoms with E-state index in [0.29, 0.717) is 22.8 Å². The molecular weight excluding hydrogens is 401 g/mol. The molecule has 156 valence electrons. The molecule has 0 aliphatic carbocycles. The molecule has 4 rings (SSSR count). The van der Waals surface area contributed by atoms with Crippen LogP contribution in [0.5, 0.6) is 5.75 Å². The van der Waals surface area contributed by atoms with E-state index in [4.69, 9.17) is 4.74 Å². The molecule has 31 heavy (non-hydrogen) atoms. The van der Waals surface area contributed by atoms with Gasteiger partial charge in [-0.1, -0.05) is 30.3 Å². The average molecular weight is 419 g/mol. The summed E-state index contributed by atoms with van der Waals surface area (Å²) in [5, 5.41) is 5.33. The number of para-hydroxylation sites is 1. The van der Waals surface area contributed by atoms with Gasteiger partial charge in [0, 0.05) is 11.4 Å². The van der Waals surface area contributed by atoms with Gasteiger partial charge in [0.15, 0.2) is 6.61 Å². The smallest absolute Gasteiger partial charge is 0.265 e. The number of ether oxygens (including phenoxy) is 1. The van der Waals surface area contributed by atoms with Gasteiger partial charge in [-0.2, -0.15) is 0 Å². The zero-order valence-electron chi connectivity index (χ0n) is 16.3. The van der Waals surface area contributed by atoms with Gasteiger partial charge in [-0.05, 0) is 42.5 Å². The lowest BCUT2D eigenvalue weighted by Crippen LogP contribution is -2.43. The number of nitrogens with one attached hydrogen (secondary N) is 2. The molecule has 0 aromatic heterocycles. The van der Waals surface area contributed by atoms with Crippen molar-refractivity contribution in [3.8, 4) is 5.75 Å². The Bertz CT molecular complexity index is 1150. The summed E-state index contributed by atoms with van der Waals surface area (Å²) >= 11 is 0. The van der Waals surface area contributed by atoms with E-state index in [9.17, 15) is 18.8 Å². The first-order valence-electron chi connectivity index (χ1n) is 9.49. The number of amides is 3. The molecule has 3 aromatic carbocycles. The van der Waals surface area contributed by atoms with Crippen LogP contribution in [0.15, 0.2) is 72.8 Å². The van der Waals surface area contributed by atoms with Crippen LogP contribution in [0.25, 0.3) is 0 Å². The fourth-order valence-electron chi connectivity index (χ4n) is 3.16. The van der Waals surface area contributed by atoms with Gasteiger partial charge in [-0.15, -0.1) is 0 Å². The van der Waals surface area contributed by atoms with E-state index in [0.717, 1.165) is 0 Å². The maximum Gasteiger partial charge on any atom is 0.265 e. The first-order valence-corrected chi connectivity index (χ1v) is 9.49. The van der Waals surface area contributed by atoms with Gasteiger partial charge in [0.1, 0.15) is 18.1 Å². The number of halogens is 1. The molecule has 3 amide bonds. The highest BCUT2D eigenvalue weighted by Gasteiger charge is 2.28. The van der Waals surface area contributed by atoms with Gasteiger partial charge in [0.25, 0.3) is 11.8 Å². The fourth-order valence-corrected chi connectivity index (χ4v) is 3.16. The van der Waals surface area contributed by atoms with E-state index < -0.39 is 17.6 Å². The minimum Gasteiger partial charge on any atom is -0.482 e. The normalized spacial score (nSPS) is 12.5. The lowest BCUT2D eigenvalue weighted by Gasteiger charge is -2.29. The van der Waals surface area contributed by atoms with Gasteiger partial charge in [-0.3, -0.25) is 19.3 Å². The summed E-state index contributed by atoms with van der Waals surface area (Å²) in [6, 6.07) is 19.2. The summed E-state index contributed by atoms with van der Waals surface area (Å²) in [7, 11) is 0. The second-order valence-corrected chi connectivity index (χ2v) is 6.80. The van der Waals surface area contributed by atoms with Crippen molar-refractivity contribution >= 4 is 34.8 Å². The molecule has 1 aliphatic rings. The molecule has 1 heterocycles. The van der Waals surface area contributed by atoms with Gasteiger partial charge in [0.05, 0.1) is 11.3 Å². The highest BCUT2D eigenvalue weighted by atomic mass is 19.1. The number of fused-ring (bicyclic) bond motifs is 1. The van der Waals surface area contributed by atoms with Gasteiger partial charge < -0.3 is 15.4 Å². The quantitative estimate of drug-likeness (QED) is 0.663. The topological polar surface area (TPSA) is 87.7 Å². The van der Waals surface area contributed by atoms with Crippen LogP contribution in [0.3, 0.4) is 0 Å². The van der Waals surface area contributed by atoms with Crippen molar-refractivity contribution in [1.82, 2.24) is 0 Å². The summed E-state index contributed by atoms with van der Waals surface area (Å²) in [6.45, 7) is -0.429. The molecule has 0 radical (unpaired) electrons. The third kappa shape index (κ3) is 4.53. The van der Waals surface area contributed by atoms with Crippen LogP contribution in [0.4, 0.5) is 21.5 Å². The van der Waals surface area contributed by atoms with Crippen molar-refractivity contribution in [2.24, 2.45) is 0 Å². The van der Waals surface area contributed by atoms with E-state index in [2.05, 4.69) is 10.6 Å². The maximum absolute atomic E-state index is 13.9. The SMILES string of the molecule is O=C(CN1C(=O)COc2ccc(NC(=O)c3ccccc3F)cc21)Nc1ccccc1. The zero-order valence-corrected chi connectivity index (χ0v) is 16.3. The van der Waals surface area contributed by atoms with Crippen molar-refractivity contribution < 1.29 is 23.5 Å². The molecule has 7 nitrogen and oxygen atoms in total. The molecule has 0 bridgehead atoms. The molecule has 0 atom stereocenters. The fraction of sp³-hybridized carbons (Fsp3) is 0.0870. The third-order valence-electron chi connectivity index (χ3n) is 4.64. The highest BCUT2D eigenvalue weighted by Crippen LogP contribution is 2.34. The van der Waals surface area contributed by atoms with E-state index in [1.165, 1.54) is 29.2 Å². The first kappa shape index (κ1) is 20.1. The number of hydrogen-bond acceptors (Lipinski definition) is 4. The Morgan fingerprint density at radius 2 is 1.68 bits per heavy atom. The summed E-state index contributed by atoms with van der Waals surface area (Å²) < 4.78 is 19.3. The highest BCUT2D eigenvalue weighted by molar-refractivity contribution is 6.07. The van der Waals surface area contributed by atoms with Gasteiger partial charge in [0.2, 0.25) is 5.91 Å². The van der Waals surface area contributed by atoms with Crippen LogP contribution >= 0.6 is 0 Å². The Kier molecular flexibility index (Phi) is 5.61. The largest absolute Gasteiger partial charge is 0.482 e. The Morgan fingerprint density at radius 3 is 2.45 bits per heavy atom. The maximum atomic E-state index is 13.9. The number of carbonyl (C=O) groups is 3. The Morgan fingerprint density at radius 1 is 0.935 bits per heavy atom. The lowest BCUT2D eigenvalue weighted by atomic mass is 10.1. The second kappa shape index (κ2) is 8.66. The molecule has 2 N–H and O–H groups in total. The molecule has 3 aromatic rings. The molecule has 0 unspecified atom stereocenters. The molecule has 0 spiro atoms. The van der Waals surface area contributed by atoms with Crippen LogP contribution < -0.4 is 20.3 Å². The van der Waals surface area contributed by atoms with Crippen molar-refractivity contribution in [3.63, 3.8) is 0 Å². The molecule has 0 fully saturated rings. The number of hydrogen-bond donors (Lipinski definition) is 2. The van der Waals surface area contributed by atoms with Crippen LogP contribution in [-0.4, -0.2) is 30.9 Å². The number of rotatable bonds is 5. The van der Waals surface area contributed by atoms with Crippen LogP contribution in [0, 0.1) is 5.82 Å². The summed E-state index contributed by atoms with van der Waals surface area (Å²) in [5.41, 5.74) is 1.18. The van der Waals surface area contributed by atoms with Crippen LogP contribution in [0.1, 0.15) is 10.4 Å². The van der Waals surface area contributed by atoms with Crippen molar-refractivity contribution in [1.29, 1.82) is 0 Å². The first-order chi connectivity index (χ1) is 15.0. The van der Waals surface area contributed by atoms with E-state index in [-0.39, 0.29) is 24.6 Å². The summed E-state index contributed by atoms with van der Waals surface area (Å²) in [4.78, 5) is 38.6. The molecule has 0 saturated heterocycles. The van der Waals surface area contributed by atoms with Gasteiger partial charge in [-0.25, -0.2) is 4.39 Å². The lowest BCUT2D eigenvalue weighted by molar-refractivity contribution is -0.123. The third-order valence-corrected chi connectivity index (χ3v) is 4.64. The van der Waals surface area contributed by atoms with Crippen LogP contribution in [-0.2, 0) is 9.59 Å². The Labute approximate surface area is 177 Å². The minimum absolute atomic E-state index is 0.105. The predicted octanol–water partition coefficient (Wildman–Crippen LogP) is 3.44. The molecular formula is C23H18FN3O4. The summed E-state index contributed by atoms with van der Waals surface area (Å²) in [5.74, 6) is -1.65. The van der Waals surface area contributed by atoms with E-state index in [1.807, 2.05) is 6.07 Å². The standard InChI is InChI=1S/C23H18FN3O4/c24-18-9-5-4-8-17(18)23(30)26-16-10-11-20-19(12-16)27(22(29)14-31-20)13-21(28)25-15-6-2-1-3-7-15/h1-12H,13-14H2,(H,25,28)(H,26,30). The van der Waals surface area contributed by atoms with Crippen molar-refractivity contribution in [3.05, 3.63) is 84.2 Å². The van der Waals surface area contributed by atoms with Crippen molar-refractivity contribution in [2.45, 2.75) is 0 Å². The summed E-state index contributed by atoms with van der Waals surface area (Å²) in [6.07, 6.45) is 0. The molecule has 0 saturated carbocycles. The number of nitrogens with zero attached hydrogens (tertiary/aromatic N) is 1. The predicted molar refractivity (Wildman–Crippen MR) is 114 cm³/mol. The second-order valence-electron chi connectivity index (χ2n) is 6.80.